The van der Waals surface area contributed by atoms with Crippen LogP contribution in [0.3, 0.4) is 0 Å². The Kier molecular flexibility index (Phi) is 6.78. The second-order valence-electron chi connectivity index (χ2n) is 7.08. The Balaban J connectivity index is 1.82. The van der Waals surface area contributed by atoms with Gasteiger partial charge in [0.2, 0.25) is 0 Å². The summed E-state index contributed by atoms with van der Waals surface area (Å²) in [5.41, 5.74) is 5.00. The molecule has 0 atom stereocenters. The Hall–Kier alpha value is -2.98. The molecular formula is C24H25ClN2O2. The van der Waals surface area contributed by atoms with Crippen molar-refractivity contribution in [1.29, 1.82) is 0 Å². The first-order chi connectivity index (χ1) is 13.9. The fraction of sp³-hybridized carbons (Fsp3) is 0.208. The normalized spacial score (nSPS) is 10.5. The van der Waals surface area contributed by atoms with Gasteiger partial charge in [-0.1, -0.05) is 53.6 Å². The van der Waals surface area contributed by atoms with Crippen LogP contribution in [0.25, 0.3) is 0 Å². The third kappa shape index (κ3) is 5.75. The van der Waals surface area contributed by atoms with Crippen molar-refractivity contribution >= 4 is 23.3 Å². The van der Waals surface area contributed by atoms with E-state index in [1.165, 1.54) is 0 Å². The van der Waals surface area contributed by atoms with E-state index in [9.17, 15) is 4.79 Å². The number of amides is 2. The molecule has 4 nitrogen and oxygen atoms in total. The topological polar surface area (TPSA) is 41.6 Å². The lowest BCUT2D eigenvalue weighted by atomic mass is 10.1. The van der Waals surface area contributed by atoms with Crippen molar-refractivity contribution in [3.8, 4) is 5.75 Å². The Morgan fingerprint density at radius 3 is 2.34 bits per heavy atom. The minimum atomic E-state index is -0.159. The maximum absolute atomic E-state index is 13.1. The van der Waals surface area contributed by atoms with Gasteiger partial charge in [0.25, 0.3) is 0 Å². The van der Waals surface area contributed by atoms with Gasteiger partial charge in [0.1, 0.15) is 5.75 Å². The molecule has 0 spiro atoms. The van der Waals surface area contributed by atoms with Crippen LogP contribution in [-0.4, -0.2) is 18.0 Å². The Morgan fingerprint density at radius 1 is 0.966 bits per heavy atom. The summed E-state index contributed by atoms with van der Waals surface area (Å²) in [6.07, 6.45) is 0. The lowest BCUT2D eigenvalue weighted by Crippen LogP contribution is -2.34. The van der Waals surface area contributed by atoms with Crippen LogP contribution in [0.5, 0.6) is 5.75 Å². The van der Waals surface area contributed by atoms with Crippen LogP contribution in [0.15, 0.2) is 66.7 Å². The molecule has 0 heterocycles. The van der Waals surface area contributed by atoms with E-state index in [4.69, 9.17) is 16.3 Å². The number of anilines is 1. The number of hydrogen-bond donors (Lipinski definition) is 1. The predicted molar refractivity (Wildman–Crippen MR) is 119 cm³/mol. The van der Waals surface area contributed by atoms with Crippen molar-refractivity contribution in [2.24, 2.45) is 0 Å². The molecule has 0 aliphatic carbocycles. The van der Waals surface area contributed by atoms with E-state index in [2.05, 4.69) is 11.4 Å². The molecule has 0 saturated carbocycles. The first kappa shape index (κ1) is 20.7. The summed E-state index contributed by atoms with van der Waals surface area (Å²) >= 11 is 6.13. The Labute approximate surface area is 177 Å². The van der Waals surface area contributed by atoms with Crippen molar-refractivity contribution in [1.82, 2.24) is 4.90 Å². The van der Waals surface area contributed by atoms with Crippen molar-refractivity contribution in [2.45, 2.75) is 26.9 Å². The second kappa shape index (κ2) is 9.48. The van der Waals surface area contributed by atoms with Crippen LogP contribution in [0.2, 0.25) is 5.02 Å². The van der Waals surface area contributed by atoms with Crippen LogP contribution >= 0.6 is 11.6 Å². The van der Waals surface area contributed by atoms with E-state index in [1.807, 2.05) is 74.5 Å². The number of nitrogens with one attached hydrogen (secondary N) is 1. The number of ether oxygens (including phenoxy) is 1. The smallest absolute Gasteiger partial charge is 0.322 e. The standard InChI is InChI=1S/C24H25ClN2O2/c1-17-7-12-23(18(2)13-17)26-24(28)27(16-20-5-4-6-21(25)14-20)15-19-8-10-22(29-3)11-9-19/h4-14H,15-16H2,1-3H3,(H,26,28). The largest absolute Gasteiger partial charge is 0.497 e. The first-order valence-electron chi connectivity index (χ1n) is 9.45. The molecule has 1 N–H and O–H groups in total. The number of carbonyl (C=O) groups excluding carboxylic acids is 1. The summed E-state index contributed by atoms with van der Waals surface area (Å²) in [7, 11) is 1.64. The van der Waals surface area contributed by atoms with Gasteiger partial charge >= 0.3 is 6.03 Å². The monoisotopic (exact) mass is 408 g/mol. The fourth-order valence-electron chi connectivity index (χ4n) is 3.15. The van der Waals surface area contributed by atoms with E-state index in [1.54, 1.807) is 12.0 Å². The third-order valence-electron chi connectivity index (χ3n) is 4.71. The number of benzene rings is 3. The lowest BCUT2D eigenvalue weighted by molar-refractivity contribution is 0.206. The van der Waals surface area contributed by atoms with Crippen molar-refractivity contribution in [2.75, 3.05) is 12.4 Å². The van der Waals surface area contributed by atoms with E-state index in [0.29, 0.717) is 18.1 Å². The van der Waals surface area contributed by atoms with Gasteiger partial charge < -0.3 is 15.0 Å². The lowest BCUT2D eigenvalue weighted by Gasteiger charge is -2.24. The summed E-state index contributed by atoms with van der Waals surface area (Å²) in [5, 5.41) is 3.70. The van der Waals surface area contributed by atoms with Crippen molar-refractivity contribution in [3.05, 3.63) is 94.0 Å². The van der Waals surface area contributed by atoms with Gasteiger partial charge in [0, 0.05) is 23.8 Å². The molecule has 150 valence electrons. The third-order valence-corrected chi connectivity index (χ3v) is 4.94. The molecule has 3 aromatic carbocycles. The summed E-state index contributed by atoms with van der Waals surface area (Å²) in [6, 6.07) is 21.1. The molecule has 0 aliphatic heterocycles. The van der Waals surface area contributed by atoms with Crippen LogP contribution in [-0.2, 0) is 13.1 Å². The maximum atomic E-state index is 13.1. The van der Waals surface area contributed by atoms with E-state index in [0.717, 1.165) is 33.7 Å². The highest BCUT2D eigenvalue weighted by molar-refractivity contribution is 6.30. The van der Waals surface area contributed by atoms with Crippen molar-refractivity contribution in [3.63, 3.8) is 0 Å². The molecule has 0 fully saturated rings. The number of aryl methyl sites for hydroxylation is 2. The molecule has 29 heavy (non-hydrogen) atoms. The zero-order chi connectivity index (χ0) is 20.8. The molecule has 2 amide bonds. The Bertz CT molecular complexity index is 986. The summed E-state index contributed by atoms with van der Waals surface area (Å²) in [6.45, 7) is 4.94. The summed E-state index contributed by atoms with van der Waals surface area (Å²) in [4.78, 5) is 14.9. The number of halogens is 1. The molecule has 0 bridgehead atoms. The zero-order valence-corrected chi connectivity index (χ0v) is 17.7. The van der Waals surface area contributed by atoms with Crippen LogP contribution in [0.4, 0.5) is 10.5 Å². The predicted octanol–water partition coefficient (Wildman–Crippen LogP) is 6.20. The SMILES string of the molecule is COc1ccc(CN(Cc2cccc(Cl)c2)C(=O)Nc2ccc(C)cc2C)cc1. The van der Waals surface area contributed by atoms with Crippen molar-refractivity contribution < 1.29 is 9.53 Å². The highest BCUT2D eigenvalue weighted by Gasteiger charge is 2.16. The average Bonchev–Trinajstić information content (AvgIpc) is 2.70. The van der Waals surface area contributed by atoms with Crippen LogP contribution in [0, 0.1) is 13.8 Å². The fourth-order valence-corrected chi connectivity index (χ4v) is 3.37. The average molecular weight is 409 g/mol. The van der Waals surface area contributed by atoms with Gasteiger partial charge in [0.05, 0.1) is 7.11 Å². The molecule has 0 aromatic heterocycles. The zero-order valence-electron chi connectivity index (χ0n) is 16.9. The number of carbonyl (C=O) groups is 1. The molecule has 3 aromatic rings. The highest BCUT2D eigenvalue weighted by atomic mass is 35.5. The molecule has 0 radical (unpaired) electrons. The summed E-state index contributed by atoms with van der Waals surface area (Å²) < 4.78 is 5.22. The van der Waals surface area contributed by atoms with E-state index >= 15 is 0 Å². The minimum Gasteiger partial charge on any atom is -0.497 e. The summed E-state index contributed by atoms with van der Waals surface area (Å²) in [5.74, 6) is 0.787. The number of nitrogens with zero attached hydrogens (tertiary/aromatic N) is 1. The van der Waals surface area contributed by atoms with Crippen LogP contribution < -0.4 is 10.1 Å². The van der Waals surface area contributed by atoms with Gasteiger partial charge in [-0.2, -0.15) is 0 Å². The quantitative estimate of drug-likeness (QED) is 0.527. The van der Waals surface area contributed by atoms with Gasteiger partial charge in [-0.3, -0.25) is 0 Å². The number of urea groups is 1. The van der Waals surface area contributed by atoms with E-state index in [-0.39, 0.29) is 6.03 Å². The first-order valence-corrected chi connectivity index (χ1v) is 9.83. The molecular weight excluding hydrogens is 384 g/mol. The number of hydrogen-bond acceptors (Lipinski definition) is 2. The second-order valence-corrected chi connectivity index (χ2v) is 7.52. The highest BCUT2D eigenvalue weighted by Crippen LogP contribution is 2.20. The maximum Gasteiger partial charge on any atom is 0.322 e. The molecule has 0 saturated heterocycles. The molecule has 0 aliphatic rings. The van der Waals surface area contributed by atoms with E-state index < -0.39 is 0 Å². The minimum absolute atomic E-state index is 0.159. The number of rotatable bonds is 6. The van der Waals surface area contributed by atoms with Gasteiger partial charge in [-0.25, -0.2) is 4.79 Å². The molecule has 3 rings (SSSR count). The molecule has 5 heteroatoms. The van der Waals surface area contributed by atoms with Gasteiger partial charge in [0.15, 0.2) is 0 Å². The van der Waals surface area contributed by atoms with Gasteiger partial charge in [-0.15, -0.1) is 0 Å². The molecule has 0 unspecified atom stereocenters. The number of methoxy groups -OCH3 is 1. The van der Waals surface area contributed by atoms with Gasteiger partial charge in [-0.05, 0) is 60.9 Å². The van der Waals surface area contributed by atoms with Crippen LogP contribution in [0.1, 0.15) is 22.3 Å². The Morgan fingerprint density at radius 2 is 1.69 bits per heavy atom.